The number of ketones is 1. The first-order valence-electron chi connectivity index (χ1n) is 6.92. The van der Waals surface area contributed by atoms with Crippen LogP contribution in [0.25, 0.3) is 0 Å². The van der Waals surface area contributed by atoms with Crippen LogP contribution >= 0.6 is 0 Å². The third kappa shape index (κ3) is 2.38. The SMILES string of the molecule is C=C(C)[C@@H]1CCC[C@H](C)C2=C(C1)[C@@H](C)CC2=O. The predicted octanol–water partition coefficient (Wildman–Crippen LogP) is 4.29. The summed E-state index contributed by atoms with van der Waals surface area (Å²) in [4.78, 5) is 12.1. The molecule has 1 heteroatoms. The largest absolute Gasteiger partial charge is 0.295 e. The van der Waals surface area contributed by atoms with Crippen LogP contribution < -0.4 is 0 Å². The minimum atomic E-state index is 0.419. The standard InChI is InChI=1S/C16H24O/c1-10(2)13-7-5-6-11(3)16-14(9-13)12(4)8-15(16)17/h11-13H,1,5-9H2,2-4H3/t11-,12-,13+/m0/s1. The maximum absolute atomic E-state index is 12.1. The monoisotopic (exact) mass is 232 g/mol. The van der Waals surface area contributed by atoms with Gasteiger partial charge in [-0.1, -0.05) is 38.0 Å². The fourth-order valence-corrected chi connectivity index (χ4v) is 3.46. The lowest BCUT2D eigenvalue weighted by Gasteiger charge is -2.25. The van der Waals surface area contributed by atoms with Crippen LogP contribution in [0.1, 0.15) is 52.9 Å². The van der Waals surface area contributed by atoms with E-state index in [1.807, 2.05) is 0 Å². The van der Waals surface area contributed by atoms with Gasteiger partial charge in [0.15, 0.2) is 5.78 Å². The Morgan fingerprint density at radius 2 is 1.88 bits per heavy atom. The minimum absolute atomic E-state index is 0.419. The fraction of sp³-hybridized carbons (Fsp3) is 0.688. The van der Waals surface area contributed by atoms with E-state index in [0.29, 0.717) is 23.5 Å². The number of Topliss-reactive ketones (excluding diaryl/α,β-unsaturated/α-hetero) is 1. The summed E-state index contributed by atoms with van der Waals surface area (Å²) in [6, 6.07) is 0. The van der Waals surface area contributed by atoms with Gasteiger partial charge in [0.05, 0.1) is 0 Å². The highest BCUT2D eigenvalue weighted by atomic mass is 16.1. The van der Waals surface area contributed by atoms with Crippen LogP contribution in [0.15, 0.2) is 23.3 Å². The maximum Gasteiger partial charge on any atom is 0.159 e. The van der Waals surface area contributed by atoms with E-state index in [-0.39, 0.29) is 0 Å². The third-order valence-electron chi connectivity index (χ3n) is 4.58. The van der Waals surface area contributed by atoms with Crippen LogP contribution in [-0.2, 0) is 4.79 Å². The molecule has 3 atom stereocenters. The highest BCUT2D eigenvalue weighted by Crippen LogP contribution is 2.42. The molecule has 0 unspecified atom stereocenters. The van der Waals surface area contributed by atoms with Gasteiger partial charge in [-0.05, 0) is 49.5 Å². The van der Waals surface area contributed by atoms with Crippen molar-refractivity contribution < 1.29 is 4.79 Å². The van der Waals surface area contributed by atoms with Crippen molar-refractivity contribution in [2.24, 2.45) is 17.8 Å². The second-order valence-corrected chi connectivity index (χ2v) is 6.05. The second kappa shape index (κ2) is 4.80. The van der Waals surface area contributed by atoms with Crippen molar-refractivity contribution in [3.05, 3.63) is 23.3 Å². The molecular formula is C16H24O. The van der Waals surface area contributed by atoms with E-state index in [0.717, 1.165) is 12.8 Å². The van der Waals surface area contributed by atoms with Gasteiger partial charge in [0.1, 0.15) is 0 Å². The first-order chi connectivity index (χ1) is 8.00. The van der Waals surface area contributed by atoms with Crippen molar-refractivity contribution in [3.8, 4) is 0 Å². The van der Waals surface area contributed by atoms with Gasteiger partial charge in [-0.2, -0.15) is 0 Å². The van der Waals surface area contributed by atoms with E-state index in [9.17, 15) is 4.79 Å². The van der Waals surface area contributed by atoms with Gasteiger partial charge in [-0.15, -0.1) is 0 Å². The predicted molar refractivity (Wildman–Crippen MR) is 71.8 cm³/mol. The summed E-state index contributed by atoms with van der Waals surface area (Å²) in [6.45, 7) is 10.7. The van der Waals surface area contributed by atoms with Crippen molar-refractivity contribution in [2.45, 2.75) is 52.9 Å². The maximum atomic E-state index is 12.1. The Balaban J connectivity index is 2.34. The molecule has 94 valence electrons. The molecule has 0 aromatic heterocycles. The number of carbonyl (C=O) groups is 1. The van der Waals surface area contributed by atoms with Gasteiger partial charge in [0.2, 0.25) is 0 Å². The lowest BCUT2D eigenvalue weighted by atomic mass is 9.79. The topological polar surface area (TPSA) is 17.1 Å². The lowest BCUT2D eigenvalue weighted by molar-refractivity contribution is -0.115. The summed E-state index contributed by atoms with van der Waals surface area (Å²) in [5.41, 5.74) is 3.93. The van der Waals surface area contributed by atoms with Crippen molar-refractivity contribution in [2.75, 3.05) is 0 Å². The zero-order chi connectivity index (χ0) is 12.6. The average Bonchev–Trinajstić information content (AvgIpc) is 2.48. The normalized spacial score (nSPS) is 34.3. The third-order valence-corrected chi connectivity index (χ3v) is 4.58. The van der Waals surface area contributed by atoms with Gasteiger partial charge in [0.25, 0.3) is 0 Å². The number of allylic oxidation sites excluding steroid dienone is 3. The molecule has 17 heavy (non-hydrogen) atoms. The quantitative estimate of drug-likeness (QED) is 0.616. The van der Waals surface area contributed by atoms with E-state index in [1.165, 1.54) is 36.0 Å². The van der Waals surface area contributed by atoms with E-state index >= 15 is 0 Å². The molecular weight excluding hydrogens is 208 g/mol. The average molecular weight is 232 g/mol. The van der Waals surface area contributed by atoms with Gasteiger partial charge in [-0.3, -0.25) is 4.79 Å². The first-order valence-corrected chi connectivity index (χ1v) is 6.92. The van der Waals surface area contributed by atoms with Crippen LogP contribution in [0, 0.1) is 17.8 Å². The van der Waals surface area contributed by atoms with Crippen LogP contribution in [0.5, 0.6) is 0 Å². The molecule has 1 nitrogen and oxygen atoms in total. The number of carbonyl (C=O) groups excluding carboxylic acids is 1. The van der Waals surface area contributed by atoms with Crippen molar-refractivity contribution in [1.82, 2.24) is 0 Å². The van der Waals surface area contributed by atoms with E-state index in [4.69, 9.17) is 0 Å². The summed E-state index contributed by atoms with van der Waals surface area (Å²) in [6.07, 6.45) is 5.48. The molecule has 0 bridgehead atoms. The molecule has 0 aromatic rings. The molecule has 0 N–H and O–H groups in total. The molecule has 2 aliphatic carbocycles. The molecule has 0 aliphatic heterocycles. The molecule has 0 radical (unpaired) electrons. The number of hydrogen-bond acceptors (Lipinski definition) is 1. The Morgan fingerprint density at radius 3 is 2.53 bits per heavy atom. The minimum Gasteiger partial charge on any atom is -0.295 e. The van der Waals surface area contributed by atoms with Gasteiger partial charge < -0.3 is 0 Å². The van der Waals surface area contributed by atoms with Gasteiger partial charge >= 0.3 is 0 Å². The lowest BCUT2D eigenvalue weighted by Crippen LogP contribution is -2.14. The smallest absolute Gasteiger partial charge is 0.159 e. The summed E-state index contributed by atoms with van der Waals surface area (Å²) in [5.74, 6) is 1.97. The van der Waals surface area contributed by atoms with Crippen LogP contribution in [0.3, 0.4) is 0 Å². The Hall–Kier alpha value is -0.850. The number of hydrogen-bond donors (Lipinski definition) is 0. The van der Waals surface area contributed by atoms with Gasteiger partial charge in [0, 0.05) is 6.42 Å². The zero-order valence-electron chi connectivity index (χ0n) is 11.4. The van der Waals surface area contributed by atoms with Crippen LogP contribution in [0.4, 0.5) is 0 Å². The fourth-order valence-electron chi connectivity index (χ4n) is 3.46. The van der Waals surface area contributed by atoms with Gasteiger partial charge in [-0.25, -0.2) is 0 Å². The molecule has 2 aliphatic rings. The van der Waals surface area contributed by atoms with E-state index < -0.39 is 0 Å². The first kappa shape index (κ1) is 12.6. The Bertz CT molecular complexity index is 375. The molecule has 0 fully saturated rings. The van der Waals surface area contributed by atoms with Crippen molar-refractivity contribution in [1.29, 1.82) is 0 Å². The second-order valence-electron chi connectivity index (χ2n) is 6.05. The molecule has 0 amide bonds. The summed E-state index contributed by atoms with van der Waals surface area (Å²) in [7, 11) is 0. The molecule has 0 saturated heterocycles. The van der Waals surface area contributed by atoms with Crippen molar-refractivity contribution >= 4 is 5.78 Å². The Kier molecular flexibility index (Phi) is 3.56. The van der Waals surface area contributed by atoms with E-state index in [1.54, 1.807) is 0 Å². The molecule has 0 aromatic carbocycles. The molecule has 0 saturated carbocycles. The zero-order valence-corrected chi connectivity index (χ0v) is 11.4. The van der Waals surface area contributed by atoms with Crippen LogP contribution in [-0.4, -0.2) is 5.78 Å². The Labute approximate surface area is 105 Å². The molecule has 2 rings (SSSR count). The molecule has 0 heterocycles. The summed E-state index contributed by atoms with van der Waals surface area (Å²) >= 11 is 0. The highest BCUT2D eigenvalue weighted by Gasteiger charge is 2.34. The summed E-state index contributed by atoms with van der Waals surface area (Å²) < 4.78 is 0. The van der Waals surface area contributed by atoms with E-state index in [2.05, 4.69) is 27.4 Å². The van der Waals surface area contributed by atoms with Crippen LogP contribution in [0.2, 0.25) is 0 Å². The molecule has 0 spiro atoms. The Morgan fingerprint density at radius 1 is 1.18 bits per heavy atom. The summed E-state index contributed by atoms with van der Waals surface area (Å²) in [5, 5.41) is 0. The van der Waals surface area contributed by atoms with Crippen molar-refractivity contribution in [3.63, 3.8) is 0 Å². The highest BCUT2D eigenvalue weighted by molar-refractivity contribution is 5.99. The number of rotatable bonds is 1.